The van der Waals surface area contributed by atoms with Crippen LogP contribution in [-0.4, -0.2) is 24.6 Å². The molecule has 0 radical (unpaired) electrons. The number of hydrogen-bond donors (Lipinski definition) is 1. The van der Waals surface area contributed by atoms with Crippen LogP contribution in [0.5, 0.6) is 0 Å². The van der Waals surface area contributed by atoms with Crippen LogP contribution in [0.3, 0.4) is 0 Å². The molecule has 3 atom stereocenters. The number of aliphatic imine (C=N–C) groups is 1. The largest absolute Gasteiger partial charge is 0.354 e. The monoisotopic (exact) mass is 220 g/mol. The van der Waals surface area contributed by atoms with Gasteiger partial charge in [-0.25, -0.2) is 0 Å². The van der Waals surface area contributed by atoms with Gasteiger partial charge in [0.05, 0.1) is 6.73 Å². The van der Waals surface area contributed by atoms with E-state index in [1.807, 2.05) is 0 Å². The maximum atomic E-state index is 6.09. The van der Waals surface area contributed by atoms with Crippen LogP contribution in [0, 0.1) is 5.92 Å². The molecule has 3 heteroatoms. The molecular formula is C13H20N2O. The van der Waals surface area contributed by atoms with Crippen LogP contribution in [0.1, 0.15) is 39.0 Å². The van der Waals surface area contributed by atoms with Crippen LogP contribution < -0.4 is 5.32 Å². The van der Waals surface area contributed by atoms with Crippen molar-refractivity contribution in [2.24, 2.45) is 10.9 Å². The average Bonchev–Trinajstić information content (AvgIpc) is 2.62. The Morgan fingerprint density at radius 3 is 3.38 bits per heavy atom. The van der Waals surface area contributed by atoms with Crippen molar-refractivity contribution in [2.75, 3.05) is 6.73 Å². The minimum absolute atomic E-state index is 0.0555. The van der Waals surface area contributed by atoms with E-state index in [4.69, 9.17) is 4.74 Å². The van der Waals surface area contributed by atoms with Crippen LogP contribution >= 0.6 is 0 Å². The van der Waals surface area contributed by atoms with Crippen LogP contribution in [-0.2, 0) is 4.74 Å². The van der Waals surface area contributed by atoms with E-state index in [-0.39, 0.29) is 5.60 Å². The molecule has 3 unspecified atom stereocenters. The van der Waals surface area contributed by atoms with E-state index in [0.717, 1.165) is 12.8 Å². The van der Waals surface area contributed by atoms with E-state index in [2.05, 4.69) is 29.5 Å². The van der Waals surface area contributed by atoms with Crippen LogP contribution in [0.15, 0.2) is 16.8 Å². The highest BCUT2D eigenvalue weighted by Crippen LogP contribution is 2.44. The molecule has 0 bridgehead atoms. The third-order valence-corrected chi connectivity index (χ3v) is 4.28. The molecule has 0 amide bonds. The zero-order valence-electron chi connectivity index (χ0n) is 9.91. The van der Waals surface area contributed by atoms with Gasteiger partial charge in [0.2, 0.25) is 0 Å². The first kappa shape index (κ1) is 10.5. The predicted molar refractivity (Wildman–Crippen MR) is 64.4 cm³/mol. The van der Waals surface area contributed by atoms with Crippen molar-refractivity contribution in [1.29, 1.82) is 0 Å². The van der Waals surface area contributed by atoms with Gasteiger partial charge in [-0.15, -0.1) is 0 Å². The Labute approximate surface area is 97.0 Å². The lowest BCUT2D eigenvalue weighted by molar-refractivity contribution is -0.0279. The summed E-state index contributed by atoms with van der Waals surface area (Å²) in [6, 6.07) is 0.509. The highest BCUT2D eigenvalue weighted by atomic mass is 16.5. The van der Waals surface area contributed by atoms with Gasteiger partial charge in [0.25, 0.3) is 0 Å². The van der Waals surface area contributed by atoms with E-state index in [1.54, 1.807) is 0 Å². The molecule has 0 aromatic heterocycles. The number of nitrogens with one attached hydrogen (secondary N) is 1. The first-order chi connectivity index (χ1) is 7.85. The number of allylic oxidation sites excluding steroid dienone is 1. The summed E-state index contributed by atoms with van der Waals surface area (Å²) in [5.41, 5.74) is 1.14. The quantitative estimate of drug-likeness (QED) is 0.735. The van der Waals surface area contributed by atoms with Crippen LogP contribution in [0.4, 0.5) is 0 Å². The summed E-state index contributed by atoms with van der Waals surface area (Å²) in [5, 5.41) is 3.50. The second-order valence-corrected chi connectivity index (χ2v) is 5.06. The SMILES string of the molecule is CCC1=CC23OCNC2CCCC3CC=N1. The lowest BCUT2D eigenvalue weighted by atomic mass is 9.71. The van der Waals surface area contributed by atoms with Gasteiger partial charge in [-0.1, -0.05) is 13.3 Å². The Kier molecular flexibility index (Phi) is 2.60. The maximum Gasteiger partial charge on any atom is 0.108 e. The van der Waals surface area contributed by atoms with Gasteiger partial charge in [-0.05, 0) is 37.7 Å². The van der Waals surface area contributed by atoms with Crippen molar-refractivity contribution >= 4 is 6.21 Å². The highest BCUT2D eigenvalue weighted by Gasteiger charge is 2.50. The summed E-state index contributed by atoms with van der Waals surface area (Å²) >= 11 is 0. The minimum Gasteiger partial charge on any atom is -0.354 e. The molecule has 0 aromatic rings. The average molecular weight is 220 g/mol. The van der Waals surface area contributed by atoms with E-state index in [0.29, 0.717) is 18.7 Å². The molecule has 1 spiro atoms. The number of ether oxygens (including phenoxy) is 1. The van der Waals surface area contributed by atoms with E-state index < -0.39 is 0 Å². The van der Waals surface area contributed by atoms with Crippen LogP contribution in [0.25, 0.3) is 0 Å². The molecule has 1 N–H and O–H groups in total. The zero-order valence-corrected chi connectivity index (χ0v) is 9.91. The molecule has 16 heavy (non-hydrogen) atoms. The number of nitrogens with zero attached hydrogens (tertiary/aromatic N) is 1. The highest BCUT2D eigenvalue weighted by molar-refractivity contribution is 5.61. The first-order valence-electron chi connectivity index (χ1n) is 6.47. The molecule has 2 fully saturated rings. The van der Waals surface area contributed by atoms with E-state index in [1.165, 1.54) is 25.0 Å². The van der Waals surface area contributed by atoms with Crippen molar-refractivity contribution in [3.05, 3.63) is 11.8 Å². The number of rotatable bonds is 1. The summed E-state index contributed by atoms with van der Waals surface area (Å²) in [7, 11) is 0. The molecule has 88 valence electrons. The van der Waals surface area contributed by atoms with Gasteiger partial charge < -0.3 is 4.74 Å². The zero-order chi connectivity index (χ0) is 11.0. The third kappa shape index (κ3) is 1.45. The normalized spacial score (nSPS) is 42.2. The molecule has 1 aliphatic carbocycles. The van der Waals surface area contributed by atoms with Crippen molar-refractivity contribution in [1.82, 2.24) is 5.32 Å². The molecule has 2 aliphatic heterocycles. The van der Waals surface area contributed by atoms with Gasteiger partial charge in [0, 0.05) is 18.0 Å². The number of hydrogen-bond acceptors (Lipinski definition) is 3. The Hall–Kier alpha value is -0.670. The van der Waals surface area contributed by atoms with Gasteiger partial charge in [0.1, 0.15) is 5.60 Å². The van der Waals surface area contributed by atoms with Gasteiger partial charge in [-0.2, -0.15) is 0 Å². The summed E-state index contributed by atoms with van der Waals surface area (Å²) in [4.78, 5) is 4.55. The molecule has 3 nitrogen and oxygen atoms in total. The second-order valence-electron chi connectivity index (χ2n) is 5.06. The fourth-order valence-electron chi connectivity index (χ4n) is 3.40. The molecule has 0 aromatic carbocycles. The standard InChI is InChI=1S/C13H20N2O/c1-2-11-8-13-10(6-7-14-11)4-3-5-12(13)15-9-16-13/h7-8,10,12,15H,2-6,9H2,1H3. The molecule has 3 rings (SSSR count). The van der Waals surface area contributed by atoms with Crippen LogP contribution in [0.2, 0.25) is 0 Å². The van der Waals surface area contributed by atoms with Gasteiger partial charge in [0.15, 0.2) is 0 Å². The van der Waals surface area contributed by atoms with Crippen molar-refractivity contribution < 1.29 is 4.74 Å². The molecule has 1 saturated carbocycles. The Morgan fingerprint density at radius 1 is 1.56 bits per heavy atom. The van der Waals surface area contributed by atoms with Crippen molar-refractivity contribution in [3.8, 4) is 0 Å². The third-order valence-electron chi connectivity index (χ3n) is 4.28. The Morgan fingerprint density at radius 2 is 2.50 bits per heavy atom. The van der Waals surface area contributed by atoms with Crippen molar-refractivity contribution in [2.45, 2.75) is 50.7 Å². The van der Waals surface area contributed by atoms with E-state index in [9.17, 15) is 0 Å². The summed E-state index contributed by atoms with van der Waals surface area (Å²) in [6.45, 7) is 2.87. The van der Waals surface area contributed by atoms with Gasteiger partial charge in [-0.3, -0.25) is 10.3 Å². The van der Waals surface area contributed by atoms with Gasteiger partial charge >= 0.3 is 0 Å². The maximum absolute atomic E-state index is 6.09. The molecular weight excluding hydrogens is 200 g/mol. The van der Waals surface area contributed by atoms with Crippen molar-refractivity contribution in [3.63, 3.8) is 0 Å². The fourth-order valence-corrected chi connectivity index (χ4v) is 3.40. The molecule has 1 saturated heterocycles. The Balaban J connectivity index is 2.00. The summed E-state index contributed by atoms with van der Waals surface area (Å²) < 4.78 is 6.09. The molecule has 3 aliphatic rings. The minimum atomic E-state index is -0.0555. The lowest BCUT2D eigenvalue weighted by Gasteiger charge is -2.41. The molecule has 2 heterocycles. The topological polar surface area (TPSA) is 33.6 Å². The smallest absolute Gasteiger partial charge is 0.108 e. The van der Waals surface area contributed by atoms with E-state index >= 15 is 0 Å². The predicted octanol–water partition coefficient (Wildman–Crippen LogP) is 2.24. The fraction of sp³-hybridized carbons (Fsp3) is 0.769. The first-order valence-corrected chi connectivity index (χ1v) is 6.47. The lowest BCUT2D eigenvalue weighted by Crippen LogP contribution is -2.50. The summed E-state index contributed by atoms with van der Waals surface area (Å²) in [5.74, 6) is 0.619. The second kappa shape index (κ2) is 3.97. The summed E-state index contributed by atoms with van der Waals surface area (Å²) in [6.07, 6.45) is 10.3. The Bertz CT molecular complexity index is 337.